The third-order valence-corrected chi connectivity index (χ3v) is 3.61. The van der Waals surface area contributed by atoms with Gasteiger partial charge >= 0.3 is 0 Å². The lowest BCUT2D eigenvalue weighted by molar-refractivity contribution is 0.408. The lowest BCUT2D eigenvalue weighted by Gasteiger charge is -2.01. The van der Waals surface area contributed by atoms with Crippen LogP contribution in [0.15, 0.2) is 78.9 Å². The number of benzene rings is 4. The van der Waals surface area contributed by atoms with E-state index < -0.39 is 0 Å². The highest BCUT2D eigenvalue weighted by molar-refractivity contribution is 5.90. The van der Waals surface area contributed by atoms with Crippen molar-refractivity contribution in [2.24, 2.45) is 0 Å². The summed E-state index contributed by atoms with van der Waals surface area (Å²) >= 11 is 0. The highest BCUT2D eigenvalue weighted by Gasteiger charge is 2.02. The van der Waals surface area contributed by atoms with Crippen LogP contribution in [-0.4, -0.2) is 15.3 Å². The average Bonchev–Trinajstić information content (AvgIpc) is 2.59. The quantitative estimate of drug-likeness (QED) is 0.409. The van der Waals surface area contributed by atoms with E-state index in [-0.39, 0.29) is 11.5 Å². The minimum Gasteiger partial charge on any atom is -0.508 e. The Labute approximate surface area is 133 Å². The monoisotopic (exact) mass is 304 g/mol. The highest BCUT2D eigenvalue weighted by Crippen LogP contribution is 2.32. The molecule has 0 saturated heterocycles. The van der Waals surface area contributed by atoms with E-state index in [4.69, 9.17) is 10.2 Å². The number of hydrogen-bond donors (Lipinski definition) is 3. The average molecular weight is 304 g/mol. The predicted octanol–water partition coefficient (Wildman–Crippen LogP) is 4.80. The molecular weight excluding hydrogens is 288 g/mol. The van der Waals surface area contributed by atoms with E-state index in [1.54, 1.807) is 24.3 Å². The molecule has 0 heterocycles. The normalized spacial score (nSPS) is 10.3. The van der Waals surface area contributed by atoms with Gasteiger partial charge in [-0.05, 0) is 34.4 Å². The zero-order valence-corrected chi connectivity index (χ0v) is 12.3. The largest absolute Gasteiger partial charge is 0.508 e. The molecule has 4 aromatic rings. The summed E-state index contributed by atoms with van der Waals surface area (Å²) in [7, 11) is 0. The van der Waals surface area contributed by atoms with Crippen molar-refractivity contribution in [3.05, 3.63) is 78.9 Å². The van der Waals surface area contributed by atoms with E-state index >= 15 is 0 Å². The molecule has 23 heavy (non-hydrogen) atoms. The van der Waals surface area contributed by atoms with Gasteiger partial charge in [-0.1, -0.05) is 60.7 Å². The third-order valence-electron chi connectivity index (χ3n) is 3.61. The van der Waals surface area contributed by atoms with Gasteiger partial charge < -0.3 is 15.3 Å². The topological polar surface area (TPSA) is 60.7 Å². The minimum atomic E-state index is -0.0753. The minimum absolute atomic E-state index is 0.0481. The number of phenolic OH excluding ortho intramolecular Hbond substituents is 3. The van der Waals surface area contributed by atoms with Crippen LogP contribution in [0.1, 0.15) is 0 Å². The van der Waals surface area contributed by atoms with Crippen LogP contribution in [0.5, 0.6) is 17.2 Å². The van der Waals surface area contributed by atoms with Gasteiger partial charge in [-0.15, -0.1) is 0 Å². The predicted molar refractivity (Wildman–Crippen MR) is 92.9 cm³/mol. The highest BCUT2D eigenvalue weighted by atomic mass is 16.3. The molecule has 0 atom stereocenters. The van der Waals surface area contributed by atoms with Gasteiger partial charge in [0.15, 0.2) is 11.5 Å². The number of rotatable bonds is 0. The van der Waals surface area contributed by atoms with Crippen LogP contribution in [0.4, 0.5) is 0 Å². The Morgan fingerprint density at radius 2 is 1.13 bits per heavy atom. The Morgan fingerprint density at radius 3 is 1.91 bits per heavy atom. The molecule has 0 unspecified atom stereocenters. The molecule has 3 N–H and O–H groups in total. The molecule has 4 aromatic carbocycles. The Hall–Kier alpha value is -3.20. The zero-order chi connectivity index (χ0) is 16.2. The number of aromatic hydroxyl groups is 3. The summed E-state index contributed by atoms with van der Waals surface area (Å²) in [6.45, 7) is 0. The van der Waals surface area contributed by atoms with E-state index in [9.17, 15) is 5.11 Å². The van der Waals surface area contributed by atoms with Crippen molar-refractivity contribution in [2.75, 3.05) is 0 Å². The molecule has 0 saturated carbocycles. The second kappa shape index (κ2) is 6.28. The summed E-state index contributed by atoms with van der Waals surface area (Å²) in [6.07, 6.45) is 0. The van der Waals surface area contributed by atoms with E-state index in [0.717, 1.165) is 16.2 Å². The van der Waals surface area contributed by atoms with Crippen molar-refractivity contribution >= 4 is 21.5 Å². The molecule has 0 aliphatic heterocycles. The molecule has 0 amide bonds. The van der Waals surface area contributed by atoms with Gasteiger partial charge in [0.25, 0.3) is 0 Å². The second-order valence-corrected chi connectivity index (χ2v) is 5.19. The van der Waals surface area contributed by atoms with E-state index in [1.165, 1.54) is 6.07 Å². The smallest absolute Gasteiger partial charge is 0.165 e. The van der Waals surface area contributed by atoms with Gasteiger partial charge in [0.2, 0.25) is 0 Å². The van der Waals surface area contributed by atoms with Crippen LogP contribution >= 0.6 is 0 Å². The molecule has 0 fully saturated rings. The van der Waals surface area contributed by atoms with Gasteiger partial charge in [-0.25, -0.2) is 0 Å². The Bertz CT molecular complexity index is 961. The van der Waals surface area contributed by atoms with Crippen LogP contribution in [0.2, 0.25) is 0 Å². The van der Waals surface area contributed by atoms with Gasteiger partial charge in [0.05, 0.1) is 0 Å². The lowest BCUT2D eigenvalue weighted by Crippen LogP contribution is -1.73. The molecule has 3 heteroatoms. The van der Waals surface area contributed by atoms with E-state index in [0.29, 0.717) is 11.1 Å². The second-order valence-electron chi connectivity index (χ2n) is 5.19. The summed E-state index contributed by atoms with van der Waals surface area (Å²) in [5.41, 5.74) is 0. The van der Waals surface area contributed by atoms with Crippen LogP contribution in [-0.2, 0) is 0 Å². The van der Waals surface area contributed by atoms with Gasteiger partial charge in [-0.3, -0.25) is 0 Å². The van der Waals surface area contributed by atoms with E-state index in [1.807, 2.05) is 48.5 Å². The first kappa shape index (κ1) is 14.7. The van der Waals surface area contributed by atoms with Crippen molar-refractivity contribution in [1.29, 1.82) is 0 Å². The molecule has 0 aliphatic rings. The first-order valence-electron chi connectivity index (χ1n) is 7.22. The van der Waals surface area contributed by atoms with Crippen molar-refractivity contribution in [3.8, 4) is 17.2 Å². The maximum Gasteiger partial charge on any atom is 0.165 e. The first-order valence-corrected chi connectivity index (χ1v) is 7.22. The summed E-state index contributed by atoms with van der Waals surface area (Å²) in [5.74, 6) is 0.200. The molecule has 0 aromatic heterocycles. The summed E-state index contributed by atoms with van der Waals surface area (Å²) in [6, 6.07) is 23.9. The van der Waals surface area contributed by atoms with Crippen molar-refractivity contribution in [2.45, 2.75) is 0 Å². The molecule has 114 valence electrons. The maximum absolute atomic E-state index is 9.41. The molecular formula is C20H16O3. The fourth-order valence-electron chi connectivity index (χ4n) is 2.42. The lowest BCUT2D eigenvalue weighted by atomic mass is 10.1. The molecule has 0 radical (unpaired) electrons. The van der Waals surface area contributed by atoms with Crippen LogP contribution in [0, 0.1) is 0 Å². The van der Waals surface area contributed by atoms with Crippen LogP contribution in [0.25, 0.3) is 21.5 Å². The maximum atomic E-state index is 9.41. The standard InChI is InChI=1S/C10H8O2.C10H8O/c11-9-6-5-7-3-1-2-4-8(7)10(9)12;11-10-6-5-8-3-1-2-4-9(8)7-10/h1-6,11-12H;1-7,11H. The number of fused-ring (bicyclic) bond motifs is 2. The Morgan fingerprint density at radius 1 is 0.522 bits per heavy atom. The van der Waals surface area contributed by atoms with Gasteiger partial charge in [-0.2, -0.15) is 0 Å². The molecule has 0 aliphatic carbocycles. The van der Waals surface area contributed by atoms with Crippen molar-refractivity contribution < 1.29 is 15.3 Å². The van der Waals surface area contributed by atoms with Gasteiger partial charge in [0.1, 0.15) is 5.75 Å². The fraction of sp³-hybridized carbons (Fsp3) is 0. The number of phenols is 3. The Kier molecular flexibility index (Phi) is 4.02. The molecule has 0 bridgehead atoms. The van der Waals surface area contributed by atoms with Gasteiger partial charge in [0, 0.05) is 5.39 Å². The van der Waals surface area contributed by atoms with Crippen LogP contribution < -0.4 is 0 Å². The SMILES string of the molecule is Oc1ccc2ccccc2c1.Oc1ccc2ccccc2c1O. The van der Waals surface area contributed by atoms with Crippen LogP contribution in [0.3, 0.4) is 0 Å². The zero-order valence-electron chi connectivity index (χ0n) is 12.3. The summed E-state index contributed by atoms with van der Waals surface area (Å²) in [4.78, 5) is 0. The molecule has 4 rings (SSSR count). The Balaban J connectivity index is 0.000000136. The summed E-state index contributed by atoms with van der Waals surface area (Å²) < 4.78 is 0. The third kappa shape index (κ3) is 3.19. The molecule has 0 spiro atoms. The van der Waals surface area contributed by atoms with E-state index in [2.05, 4.69) is 0 Å². The number of hydrogen-bond acceptors (Lipinski definition) is 3. The first-order chi connectivity index (χ1) is 11.1. The fourth-order valence-corrected chi connectivity index (χ4v) is 2.42. The summed E-state index contributed by atoms with van der Waals surface area (Å²) in [5, 5.41) is 31.5. The molecule has 3 nitrogen and oxygen atoms in total. The van der Waals surface area contributed by atoms with Crippen molar-refractivity contribution in [1.82, 2.24) is 0 Å². The van der Waals surface area contributed by atoms with Crippen molar-refractivity contribution in [3.63, 3.8) is 0 Å².